The van der Waals surface area contributed by atoms with E-state index in [2.05, 4.69) is 246 Å². The molecule has 4 aliphatic rings. The average Bonchev–Trinajstić information content (AvgIpc) is 4.00. The maximum Gasteiger partial charge on any atom is 0.156 e. The van der Waals surface area contributed by atoms with Gasteiger partial charge in [-0.3, -0.25) is 0 Å². The van der Waals surface area contributed by atoms with Crippen molar-refractivity contribution in [3.63, 3.8) is 0 Å². The van der Waals surface area contributed by atoms with Crippen LogP contribution in [0, 0.1) is 5.92 Å². The van der Waals surface area contributed by atoms with Gasteiger partial charge in [-0.1, -0.05) is 166 Å². The van der Waals surface area contributed by atoms with Gasteiger partial charge >= 0.3 is 0 Å². The number of aromatic nitrogens is 2. The zero-order valence-corrected chi connectivity index (χ0v) is 37.8. The number of rotatable bonds is 4. The van der Waals surface area contributed by atoms with Crippen LogP contribution in [-0.2, 0) is 10.8 Å². The van der Waals surface area contributed by atoms with Crippen molar-refractivity contribution in [2.75, 3.05) is 4.90 Å². The van der Waals surface area contributed by atoms with E-state index in [0.717, 1.165) is 62.5 Å². The molecule has 15 rings (SSSR count). The molecule has 2 atom stereocenters. The summed E-state index contributed by atoms with van der Waals surface area (Å²) in [4.78, 5) is 2.47. The van der Waals surface area contributed by atoms with Crippen LogP contribution in [0.2, 0.25) is 0 Å². The van der Waals surface area contributed by atoms with E-state index in [9.17, 15) is 0 Å². The third-order valence-corrected chi connectivity index (χ3v) is 16.1. The first-order valence-electron chi connectivity index (χ1n) is 23.9. The number of ether oxygens (including phenoxy) is 1. The fraction of sp³-hybridized carbons (Fsp3) is 0.0938. The fourth-order valence-electron chi connectivity index (χ4n) is 13.2. The van der Waals surface area contributed by atoms with E-state index in [1.165, 1.54) is 66.4 Å². The number of fused-ring (bicyclic) bond motifs is 18. The Hall–Kier alpha value is -8.34. The molecule has 0 radical (unpaired) electrons. The molecule has 68 heavy (non-hydrogen) atoms. The normalized spacial score (nSPS) is 18.1. The second-order valence-corrected chi connectivity index (χ2v) is 19.6. The summed E-state index contributed by atoms with van der Waals surface area (Å²) in [5.74, 6) is 2.15. The molecule has 0 N–H and O–H groups in total. The highest BCUT2D eigenvalue weighted by Crippen LogP contribution is 2.62. The molecule has 0 saturated heterocycles. The van der Waals surface area contributed by atoms with Crippen LogP contribution in [0.1, 0.15) is 53.6 Å². The molecule has 2 unspecified atom stereocenters. The number of hydrogen-bond acceptors (Lipinski definition) is 2. The predicted octanol–water partition coefficient (Wildman–Crippen LogP) is 16.1. The molecule has 2 aliphatic heterocycles. The van der Waals surface area contributed by atoms with Gasteiger partial charge in [0.15, 0.2) is 5.75 Å². The lowest BCUT2D eigenvalue weighted by atomic mass is 9.61. The molecule has 4 heteroatoms. The van der Waals surface area contributed by atoms with Crippen molar-refractivity contribution >= 4 is 60.6 Å². The molecule has 1 spiro atoms. The van der Waals surface area contributed by atoms with Gasteiger partial charge in [0.2, 0.25) is 0 Å². The summed E-state index contributed by atoms with van der Waals surface area (Å²) in [6.45, 7) is 4.84. The lowest BCUT2D eigenvalue weighted by Crippen LogP contribution is -2.37. The largest absolute Gasteiger partial charge is 0.454 e. The van der Waals surface area contributed by atoms with Crippen LogP contribution in [0.15, 0.2) is 224 Å². The first-order chi connectivity index (χ1) is 33.5. The Labute approximate surface area is 394 Å². The van der Waals surface area contributed by atoms with Crippen molar-refractivity contribution in [3.8, 4) is 22.9 Å². The minimum atomic E-state index is -0.669. The van der Waals surface area contributed by atoms with Crippen LogP contribution in [0.3, 0.4) is 0 Å². The van der Waals surface area contributed by atoms with Gasteiger partial charge < -0.3 is 18.8 Å². The van der Waals surface area contributed by atoms with E-state index >= 15 is 0 Å². The topological polar surface area (TPSA) is 22.3 Å². The number of anilines is 2. The summed E-state index contributed by atoms with van der Waals surface area (Å²) in [7, 11) is 0. The highest BCUT2D eigenvalue weighted by molar-refractivity contribution is 6.14. The maximum atomic E-state index is 7.39. The van der Waals surface area contributed by atoms with E-state index in [4.69, 9.17) is 4.74 Å². The molecular weight excluding hydrogens is 827 g/mol. The second kappa shape index (κ2) is 13.6. The van der Waals surface area contributed by atoms with Crippen molar-refractivity contribution in [2.24, 2.45) is 5.92 Å². The SMILES string of the molecule is CC1(C)c2ccccc2C2=CC=C(N(c3ccccc3)c3ccc(-n4c5ccccc5c5ccc6c(c54)Oc4ccccc4C64c5ccccc5-n5c6ccccc6c6cccc4c65)cc3)CC21. The summed E-state index contributed by atoms with van der Waals surface area (Å²) in [6, 6.07) is 76.2. The average molecular weight is 872 g/mol. The minimum Gasteiger partial charge on any atom is -0.454 e. The molecule has 2 aliphatic carbocycles. The van der Waals surface area contributed by atoms with Gasteiger partial charge in [0.05, 0.1) is 33.2 Å². The summed E-state index contributed by atoms with van der Waals surface area (Å²) in [5.41, 5.74) is 19.0. The maximum absolute atomic E-state index is 7.39. The molecular formula is C64H45N3O. The fourth-order valence-corrected chi connectivity index (χ4v) is 13.2. The van der Waals surface area contributed by atoms with Gasteiger partial charge in [0, 0.05) is 55.4 Å². The van der Waals surface area contributed by atoms with Gasteiger partial charge in [-0.2, -0.15) is 0 Å². The summed E-state index contributed by atoms with van der Waals surface area (Å²) >= 11 is 0. The number of para-hydroxylation sites is 6. The van der Waals surface area contributed by atoms with E-state index in [-0.39, 0.29) is 5.41 Å². The Morgan fingerprint density at radius 2 is 1.09 bits per heavy atom. The standard InChI is InChI=1S/C64H45N3O/c1-63(2)50-23-9-6-19-44(50)45-36-35-43(39-55(45)63)65(40-17-4-3-5-18-40)41-31-33-42(34-32-41)66-56-27-12-7-21-47(56)49-37-38-54-62(61(49)66)68-59-30-15-11-25-52(59)64(54)51-24-10-14-29-58(51)67-57-28-13-8-20-46(57)48-22-16-26-53(64)60(48)67/h3-38,55H,39H2,1-2H3. The Kier molecular flexibility index (Phi) is 7.58. The van der Waals surface area contributed by atoms with Crippen molar-refractivity contribution in [2.45, 2.75) is 31.1 Å². The lowest BCUT2D eigenvalue weighted by molar-refractivity contribution is 0.406. The van der Waals surface area contributed by atoms with Gasteiger partial charge in [-0.05, 0) is 112 Å². The molecule has 2 aromatic heterocycles. The quantitative estimate of drug-likeness (QED) is 0.176. The Balaban J connectivity index is 0.953. The molecule has 4 heterocycles. The van der Waals surface area contributed by atoms with E-state index in [1.807, 2.05) is 0 Å². The van der Waals surface area contributed by atoms with Crippen molar-refractivity contribution < 1.29 is 4.74 Å². The Bertz CT molecular complexity index is 4010. The zero-order chi connectivity index (χ0) is 44.9. The third-order valence-electron chi connectivity index (χ3n) is 16.1. The molecule has 9 aromatic carbocycles. The number of benzene rings is 9. The highest BCUT2D eigenvalue weighted by atomic mass is 16.5. The minimum absolute atomic E-state index is 0.0234. The first kappa shape index (κ1) is 37.8. The number of hydrogen-bond donors (Lipinski definition) is 0. The van der Waals surface area contributed by atoms with Crippen LogP contribution in [0.5, 0.6) is 11.5 Å². The third kappa shape index (κ3) is 4.79. The Morgan fingerprint density at radius 1 is 0.471 bits per heavy atom. The summed E-state index contributed by atoms with van der Waals surface area (Å²) < 4.78 is 12.3. The van der Waals surface area contributed by atoms with Crippen molar-refractivity contribution in [1.82, 2.24) is 9.13 Å². The van der Waals surface area contributed by atoms with Crippen LogP contribution < -0.4 is 9.64 Å². The molecule has 322 valence electrons. The number of allylic oxidation sites excluding steroid dienone is 4. The molecule has 4 nitrogen and oxygen atoms in total. The van der Waals surface area contributed by atoms with Gasteiger partial charge in [-0.15, -0.1) is 0 Å². The summed E-state index contributed by atoms with van der Waals surface area (Å²) in [6.07, 6.45) is 5.69. The zero-order valence-electron chi connectivity index (χ0n) is 37.8. The molecule has 0 saturated carbocycles. The predicted molar refractivity (Wildman–Crippen MR) is 279 cm³/mol. The molecule has 0 amide bonds. The van der Waals surface area contributed by atoms with E-state index in [0.29, 0.717) is 5.92 Å². The van der Waals surface area contributed by atoms with E-state index < -0.39 is 5.41 Å². The Morgan fingerprint density at radius 3 is 1.90 bits per heavy atom. The molecule has 0 bridgehead atoms. The van der Waals surface area contributed by atoms with Gasteiger partial charge in [0.1, 0.15) is 5.75 Å². The van der Waals surface area contributed by atoms with Crippen molar-refractivity contribution in [1.29, 1.82) is 0 Å². The smallest absolute Gasteiger partial charge is 0.156 e. The highest BCUT2D eigenvalue weighted by Gasteiger charge is 2.51. The lowest BCUT2D eigenvalue weighted by Gasteiger charge is -2.45. The van der Waals surface area contributed by atoms with E-state index in [1.54, 1.807) is 0 Å². The van der Waals surface area contributed by atoms with Crippen LogP contribution in [-0.4, -0.2) is 9.13 Å². The van der Waals surface area contributed by atoms with Gasteiger partial charge in [0.25, 0.3) is 0 Å². The monoisotopic (exact) mass is 871 g/mol. The first-order valence-corrected chi connectivity index (χ1v) is 23.9. The van der Waals surface area contributed by atoms with Crippen LogP contribution in [0.4, 0.5) is 11.4 Å². The summed E-state index contributed by atoms with van der Waals surface area (Å²) in [5, 5.41) is 4.87. The van der Waals surface area contributed by atoms with Crippen LogP contribution >= 0.6 is 0 Å². The van der Waals surface area contributed by atoms with Gasteiger partial charge in [-0.25, -0.2) is 0 Å². The second-order valence-electron chi connectivity index (χ2n) is 19.6. The molecule has 0 fully saturated rings. The van der Waals surface area contributed by atoms with Crippen LogP contribution in [0.25, 0.3) is 60.6 Å². The number of nitrogens with zero attached hydrogens (tertiary/aromatic N) is 3. The van der Waals surface area contributed by atoms with Crippen molar-refractivity contribution in [3.05, 3.63) is 257 Å². The molecule has 11 aromatic rings.